The van der Waals surface area contributed by atoms with E-state index in [1.54, 1.807) is 66.4 Å². The molecule has 0 aliphatic rings. The number of aromatic nitrogens is 2. The van der Waals surface area contributed by atoms with Crippen molar-refractivity contribution in [3.8, 4) is 22.7 Å². The first kappa shape index (κ1) is 29.3. The third-order valence-corrected chi connectivity index (χ3v) is 8.33. The second-order valence-electron chi connectivity index (χ2n) is 9.53. The lowest BCUT2D eigenvalue weighted by molar-refractivity contribution is -0.116. The monoisotopic (exact) mass is 581 g/mol. The largest absolute Gasteiger partial charge is 0.497 e. The molecule has 0 fully saturated rings. The molecule has 11 heteroatoms. The zero-order chi connectivity index (χ0) is 28.9. The van der Waals surface area contributed by atoms with Crippen molar-refractivity contribution in [2.24, 2.45) is 0 Å². The molecule has 0 radical (unpaired) electrons. The van der Waals surface area contributed by atoms with Crippen LogP contribution in [-0.4, -0.2) is 73.9 Å². The van der Waals surface area contributed by atoms with Crippen molar-refractivity contribution in [1.29, 1.82) is 0 Å². The van der Waals surface area contributed by atoms with E-state index >= 15 is 0 Å². The number of aryl methyl sites for hydroxylation is 1. The summed E-state index contributed by atoms with van der Waals surface area (Å²) < 4.78 is 35.2. The van der Waals surface area contributed by atoms with Gasteiger partial charge in [-0.15, -0.1) is 0 Å². The van der Waals surface area contributed by atoms with Crippen LogP contribution in [0.2, 0.25) is 5.02 Å². The summed E-state index contributed by atoms with van der Waals surface area (Å²) in [4.78, 5) is 20.0. The molecule has 1 aromatic heterocycles. The van der Waals surface area contributed by atoms with Gasteiger partial charge in [0.1, 0.15) is 5.75 Å². The number of hydrogen-bond acceptors (Lipinski definition) is 6. The molecule has 210 valence electrons. The van der Waals surface area contributed by atoms with Gasteiger partial charge in [-0.3, -0.25) is 14.7 Å². The molecule has 9 nitrogen and oxygen atoms in total. The van der Waals surface area contributed by atoms with Crippen LogP contribution in [0.4, 0.5) is 5.95 Å². The van der Waals surface area contributed by atoms with Gasteiger partial charge in [0.15, 0.2) is 0 Å². The van der Waals surface area contributed by atoms with E-state index in [0.29, 0.717) is 23.0 Å². The lowest BCUT2D eigenvalue weighted by atomic mass is 10.2. The SMILES string of the molecule is COc1ccc(-n2cc(-c3ccc(Cl)cc3)nc2NC(=O)CN(CCN(C)C)S(=O)(=O)c2ccc(C)cc2)cc1. The molecule has 0 atom stereocenters. The number of halogens is 1. The number of imidazole rings is 1. The standard InChI is InChI=1S/C29H32ClN5O4S/c1-21-5-15-26(16-6-21)40(37,38)34(18-17-33(2)3)20-28(36)32-29-31-27(22-7-9-23(30)10-8-22)19-35(29)24-11-13-25(39-4)14-12-24/h5-16,19H,17-18,20H2,1-4H3,(H,31,32,36). The predicted molar refractivity (Wildman–Crippen MR) is 158 cm³/mol. The maximum Gasteiger partial charge on any atom is 0.243 e. The van der Waals surface area contributed by atoms with Gasteiger partial charge in [-0.2, -0.15) is 4.31 Å². The molecule has 1 N–H and O–H groups in total. The first-order valence-corrected chi connectivity index (χ1v) is 14.4. The molecule has 0 saturated heterocycles. The van der Waals surface area contributed by atoms with Crippen LogP contribution in [0.15, 0.2) is 83.9 Å². The van der Waals surface area contributed by atoms with E-state index in [-0.39, 0.29) is 23.9 Å². The number of nitrogens with one attached hydrogen (secondary N) is 1. The van der Waals surface area contributed by atoms with Gasteiger partial charge in [0.25, 0.3) is 0 Å². The van der Waals surface area contributed by atoms with Gasteiger partial charge < -0.3 is 9.64 Å². The average molecular weight is 582 g/mol. The molecular formula is C29H32ClN5O4S. The third kappa shape index (κ3) is 7.08. The molecule has 0 aliphatic carbocycles. The molecule has 4 aromatic rings. The van der Waals surface area contributed by atoms with Crippen molar-refractivity contribution >= 4 is 33.5 Å². The van der Waals surface area contributed by atoms with Gasteiger partial charge in [-0.25, -0.2) is 13.4 Å². The summed E-state index contributed by atoms with van der Waals surface area (Å²) in [6.45, 7) is 2.09. The van der Waals surface area contributed by atoms with Gasteiger partial charge in [0, 0.05) is 35.6 Å². The van der Waals surface area contributed by atoms with Crippen LogP contribution in [0, 0.1) is 6.92 Å². The Hall–Kier alpha value is -3.70. The second kappa shape index (κ2) is 12.6. The van der Waals surface area contributed by atoms with Crippen LogP contribution in [0.1, 0.15) is 5.56 Å². The van der Waals surface area contributed by atoms with E-state index < -0.39 is 15.9 Å². The Labute approximate surface area is 240 Å². The molecule has 3 aromatic carbocycles. The van der Waals surface area contributed by atoms with Crippen LogP contribution < -0.4 is 10.1 Å². The number of amides is 1. The number of nitrogens with zero attached hydrogens (tertiary/aromatic N) is 4. The zero-order valence-corrected chi connectivity index (χ0v) is 24.4. The van der Waals surface area contributed by atoms with E-state index in [2.05, 4.69) is 10.3 Å². The fourth-order valence-corrected chi connectivity index (χ4v) is 5.46. The number of carbonyl (C=O) groups excluding carboxylic acids is 1. The van der Waals surface area contributed by atoms with Crippen molar-refractivity contribution in [1.82, 2.24) is 18.8 Å². The minimum absolute atomic E-state index is 0.134. The first-order chi connectivity index (χ1) is 19.1. The molecular weight excluding hydrogens is 550 g/mol. The van der Waals surface area contributed by atoms with Crippen LogP contribution >= 0.6 is 11.6 Å². The van der Waals surface area contributed by atoms with Crippen molar-refractivity contribution in [3.63, 3.8) is 0 Å². The van der Waals surface area contributed by atoms with Crippen LogP contribution in [-0.2, 0) is 14.8 Å². The number of likely N-dealkylation sites (N-methyl/N-ethyl adjacent to an activating group) is 1. The number of carbonyl (C=O) groups is 1. The lowest BCUT2D eigenvalue weighted by Crippen LogP contribution is -2.41. The highest BCUT2D eigenvalue weighted by molar-refractivity contribution is 7.89. The van der Waals surface area contributed by atoms with Crippen LogP contribution in [0.5, 0.6) is 5.75 Å². The van der Waals surface area contributed by atoms with Gasteiger partial charge >= 0.3 is 0 Å². The number of hydrogen-bond donors (Lipinski definition) is 1. The Morgan fingerprint density at radius 2 is 1.62 bits per heavy atom. The summed E-state index contributed by atoms with van der Waals surface area (Å²) in [5, 5.41) is 3.42. The molecule has 0 aliphatic heterocycles. The number of ether oxygens (including phenoxy) is 1. The van der Waals surface area contributed by atoms with Gasteiger partial charge in [0.2, 0.25) is 21.9 Å². The average Bonchev–Trinajstić information content (AvgIpc) is 3.35. The third-order valence-electron chi connectivity index (χ3n) is 6.22. The fourth-order valence-electron chi connectivity index (χ4n) is 3.95. The van der Waals surface area contributed by atoms with E-state index in [4.69, 9.17) is 16.3 Å². The van der Waals surface area contributed by atoms with E-state index in [9.17, 15) is 13.2 Å². The summed E-state index contributed by atoms with van der Waals surface area (Å²) in [6, 6.07) is 21.1. The summed E-state index contributed by atoms with van der Waals surface area (Å²) in [5.74, 6) is 0.420. The topological polar surface area (TPSA) is 96.8 Å². The lowest BCUT2D eigenvalue weighted by Gasteiger charge is -2.23. The Morgan fingerprint density at radius 3 is 2.23 bits per heavy atom. The second-order valence-corrected chi connectivity index (χ2v) is 11.9. The molecule has 0 saturated carbocycles. The minimum atomic E-state index is -3.92. The van der Waals surface area contributed by atoms with Gasteiger partial charge in [0.05, 0.1) is 24.2 Å². The highest BCUT2D eigenvalue weighted by Crippen LogP contribution is 2.27. The molecule has 40 heavy (non-hydrogen) atoms. The number of rotatable bonds is 11. The number of benzene rings is 3. The summed E-state index contributed by atoms with van der Waals surface area (Å²) >= 11 is 6.06. The molecule has 1 heterocycles. The normalized spacial score (nSPS) is 11.7. The highest BCUT2D eigenvalue weighted by atomic mass is 35.5. The summed E-state index contributed by atoms with van der Waals surface area (Å²) in [7, 11) is 1.36. The van der Waals surface area contributed by atoms with E-state index in [0.717, 1.165) is 16.8 Å². The Morgan fingerprint density at radius 1 is 0.975 bits per heavy atom. The summed E-state index contributed by atoms with van der Waals surface area (Å²) in [6.07, 6.45) is 1.80. The van der Waals surface area contributed by atoms with Crippen LogP contribution in [0.25, 0.3) is 16.9 Å². The number of sulfonamides is 1. The van der Waals surface area contributed by atoms with Gasteiger partial charge in [-0.1, -0.05) is 41.4 Å². The zero-order valence-electron chi connectivity index (χ0n) is 22.8. The highest BCUT2D eigenvalue weighted by Gasteiger charge is 2.27. The van der Waals surface area contributed by atoms with Crippen molar-refractivity contribution in [2.45, 2.75) is 11.8 Å². The predicted octanol–water partition coefficient (Wildman–Crippen LogP) is 4.70. The van der Waals surface area contributed by atoms with E-state index in [1.165, 1.54) is 4.31 Å². The quantitative estimate of drug-likeness (QED) is 0.276. The Kier molecular flexibility index (Phi) is 9.26. The number of anilines is 1. The maximum atomic E-state index is 13.5. The van der Waals surface area contributed by atoms with Crippen molar-refractivity contribution in [3.05, 3.63) is 89.6 Å². The Bertz CT molecular complexity index is 1550. The fraction of sp³-hybridized carbons (Fsp3) is 0.241. The number of methoxy groups -OCH3 is 1. The Balaban J connectivity index is 1.65. The molecule has 0 spiro atoms. The molecule has 0 bridgehead atoms. The molecule has 4 rings (SSSR count). The van der Waals surface area contributed by atoms with Gasteiger partial charge in [-0.05, 0) is 69.6 Å². The molecule has 1 amide bonds. The van der Waals surface area contributed by atoms with Crippen molar-refractivity contribution in [2.75, 3.05) is 46.2 Å². The van der Waals surface area contributed by atoms with Crippen LogP contribution in [0.3, 0.4) is 0 Å². The summed E-state index contributed by atoms with van der Waals surface area (Å²) in [5.41, 5.74) is 3.10. The minimum Gasteiger partial charge on any atom is -0.497 e. The first-order valence-electron chi connectivity index (χ1n) is 12.6. The van der Waals surface area contributed by atoms with E-state index in [1.807, 2.05) is 50.2 Å². The maximum absolute atomic E-state index is 13.5. The van der Waals surface area contributed by atoms with Crippen molar-refractivity contribution < 1.29 is 17.9 Å². The smallest absolute Gasteiger partial charge is 0.243 e. The molecule has 0 unspecified atom stereocenters.